The lowest BCUT2D eigenvalue weighted by Gasteiger charge is -2.21. The van der Waals surface area contributed by atoms with Crippen LogP contribution in [0.4, 0.5) is 0 Å². The van der Waals surface area contributed by atoms with Gasteiger partial charge in [-0.3, -0.25) is 4.79 Å². The van der Waals surface area contributed by atoms with E-state index in [1.54, 1.807) is 60.7 Å². The molecule has 4 atom stereocenters. The van der Waals surface area contributed by atoms with E-state index in [9.17, 15) is 19.5 Å². The zero-order valence-corrected chi connectivity index (χ0v) is 16.8. The second-order valence-corrected chi connectivity index (χ2v) is 7.10. The minimum atomic E-state index is -1.30. The van der Waals surface area contributed by atoms with Crippen LogP contribution in [0.1, 0.15) is 26.9 Å². The van der Waals surface area contributed by atoms with Gasteiger partial charge in [0.15, 0.2) is 12.3 Å². The minimum absolute atomic E-state index is 0.262. The van der Waals surface area contributed by atoms with Crippen molar-refractivity contribution in [3.63, 3.8) is 0 Å². The van der Waals surface area contributed by atoms with Crippen molar-refractivity contribution in [2.45, 2.75) is 24.5 Å². The summed E-state index contributed by atoms with van der Waals surface area (Å²) >= 11 is 0. The van der Waals surface area contributed by atoms with Crippen molar-refractivity contribution in [2.75, 3.05) is 6.61 Å². The number of carbonyl (C=O) groups excluding carboxylic acids is 2. The first kappa shape index (κ1) is 21.4. The number of ether oxygens (including phenoxy) is 3. The maximum atomic E-state index is 12.6. The third kappa shape index (κ3) is 4.74. The van der Waals surface area contributed by atoms with Crippen LogP contribution in [0.15, 0.2) is 84.0 Å². The molecule has 9 heteroatoms. The molecule has 4 rings (SSSR count). The standard InChI is InChI=1S/C23H20N2O7/c26-18-11-12-25(14-24-18)21-19(27)20(32-23(29)16-9-5-2-6-10-16)17(31-21)13-30-22(28)15-7-3-1-4-8-15/h1-12,14,17,19-21,27H,13H2/t17-,19-,20?,21-/m0/s1. The second kappa shape index (κ2) is 9.54. The zero-order chi connectivity index (χ0) is 22.5. The first-order chi connectivity index (χ1) is 15.5. The Morgan fingerprint density at radius 3 is 2.19 bits per heavy atom. The lowest BCUT2D eigenvalue weighted by atomic mass is 10.1. The molecule has 2 heterocycles. The van der Waals surface area contributed by atoms with Crippen LogP contribution >= 0.6 is 0 Å². The first-order valence-corrected chi connectivity index (χ1v) is 9.88. The molecule has 1 N–H and O–H groups in total. The van der Waals surface area contributed by atoms with Gasteiger partial charge in [0.25, 0.3) is 5.56 Å². The number of carbonyl (C=O) groups is 2. The molecule has 0 bridgehead atoms. The van der Waals surface area contributed by atoms with Crippen molar-refractivity contribution < 1.29 is 28.9 Å². The molecule has 1 aliphatic heterocycles. The summed E-state index contributed by atoms with van der Waals surface area (Å²) in [5, 5.41) is 10.9. The predicted octanol–water partition coefficient (Wildman–Crippen LogP) is 1.58. The van der Waals surface area contributed by atoms with Crippen LogP contribution in [0.3, 0.4) is 0 Å². The maximum absolute atomic E-state index is 12.6. The van der Waals surface area contributed by atoms with Crippen LogP contribution in [0.5, 0.6) is 0 Å². The van der Waals surface area contributed by atoms with Crippen LogP contribution in [-0.4, -0.2) is 51.5 Å². The van der Waals surface area contributed by atoms with E-state index in [4.69, 9.17) is 14.2 Å². The highest BCUT2D eigenvalue weighted by Crippen LogP contribution is 2.32. The smallest absolute Gasteiger partial charge is 0.338 e. The second-order valence-electron chi connectivity index (χ2n) is 7.10. The molecule has 0 spiro atoms. The fourth-order valence-electron chi connectivity index (χ4n) is 3.33. The molecule has 0 saturated carbocycles. The lowest BCUT2D eigenvalue weighted by molar-refractivity contribution is -0.0602. The average molecular weight is 436 g/mol. The highest BCUT2D eigenvalue weighted by Gasteiger charge is 2.47. The fraction of sp³-hybridized carbons (Fsp3) is 0.217. The van der Waals surface area contributed by atoms with Gasteiger partial charge in [0.1, 0.15) is 25.1 Å². The molecule has 1 unspecified atom stereocenters. The number of aromatic nitrogens is 2. The summed E-state index contributed by atoms with van der Waals surface area (Å²) in [4.78, 5) is 39.9. The third-order valence-electron chi connectivity index (χ3n) is 4.95. The lowest BCUT2D eigenvalue weighted by Crippen LogP contribution is -2.38. The summed E-state index contributed by atoms with van der Waals surface area (Å²) in [7, 11) is 0. The summed E-state index contributed by atoms with van der Waals surface area (Å²) in [5.41, 5.74) is 0.201. The van der Waals surface area contributed by atoms with Gasteiger partial charge >= 0.3 is 11.9 Å². The summed E-state index contributed by atoms with van der Waals surface area (Å²) in [6.07, 6.45) is -1.77. The number of nitrogens with zero attached hydrogens (tertiary/aromatic N) is 2. The Kier molecular flexibility index (Phi) is 6.39. The molecule has 1 saturated heterocycles. The quantitative estimate of drug-likeness (QED) is 0.579. The molecule has 2 aromatic carbocycles. The Labute approximate surface area is 182 Å². The van der Waals surface area contributed by atoms with Gasteiger partial charge in [0.2, 0.25) is 0 Å². The molecule has 164 valence electrons. The summed E-state index contributed by atoms with van der Waals surface area (Å²) in [6, 6.07) is 17.9. The Bertz CT molecular complexity index is 1110. The third-order valence-corrected chi connectivity index (χ3v) is 4.95. The summed E-state index contributed by atoms with van der Waals surface area (Å²) in [5.74, 6) is -1.23. The molecule has 32 heavy (non-hydrogen) atoms. The summed E-state index contributed by atoms with van der Waals surface area (Å²) < 4.78 is 18.1. The minimum Gasteiger partial charge on any atom is -0.459 e. The van der Waals surface area contributed by atoms with E-state index in [2.05, 4.69) is 4.98 Å². The van der Waals surface area contributed by atoms with Crippen LogP contribution in [-0.2, 0) is 14.2 Å². The van der Waals surface area contributed by atoms with Gasteiger partial charge in [0.05, 0.1) is 11.1 Å². The van der Waals surface area contributed by atoms with Gasteiger partial charge in [-0.15, -0.1) is 0 Å². The normalized spacial score (nSPS) is 22.3. The molecule has 3 aromatic rings. The topological polar surface area (TPSA) is 117 Å². The monoisotopic (exact) mass is 436 g/mol. The van der Waals surface area contributed by atoms with Crippen molar-refractivity contribution in [2.24, 2.45) is 0 Å². The molecular formula is C23H20N2O7. The van der Waals surface area contributed by atoms with E-state index in [1.165, 1.54) is 23.2 Å². The van der Waals surface area contributed by atoms with Crippen molar-refractivity contribution >= 4 is 11.9 Å². The van der Waals surface area contributed by atoms with Gasteiger partial charge in [0, 0.05) is 12.3 Å². The van der Waals surface area contributed by atoms with Crippen molar-refractivity contribution in [3.05, 3.63) is 101 Å². The number of rotatable bonds is 6. The number of esters is 2. The number of aliphatic hydroxyl groups is 1. The van der Waals surface area contributed by atoms with E-state index in [-0.39, 0.29) is 6.61 Å². The largest absolute Gasteiger partial charge is 0.459 e. The highest BCUT2D eigenvalue weighted by atomic mass is 16.6. The Balaban J connectivity index is 1.53. The number of aliphatic hydroxyl groups excluding tert-OH is 1. The Hall–Kier alpha value is -3.82. The van der Waals surface area contributed by atoms with Gasteiger partial charge in [-0.1, -0.05) is 36.4 Å². The SMILES string of the molecule is O=C(OC[C@@H]1O[C@H](n2ccc(=O)nc2)[C@@H](O)C1OC(=O)c1ccccc1)c1ccccc1. The van der Waals surface area contributed by atoms with Gasteiger partial charge in [-0.2, -0.15) is 4.98 Å². The Morgan fingerprint density at radius 1 is 0.969 bits per heavy atom. The van der Waals surface area contributed by atoms with Crippen LogP contribution < -0.4 is 5.56 Å². The molecule has 9 nitrogen and oxygen atoms in total. The molecule has 1 fully saturated rings. The zero-order valence-electron chi connectivity index (χ0n) is 16.8. The predicted molar refractivity (Wildman–Crippen MR) is 111 cm³/mol. The van der Waals surface area contributed by atoms with E-state index in [0.29, 0.717) is 11.1 Å². The van der Waals surface area contributed by atoms with Crippen LogP contribution in [0.2, 0.25) is 0 Å². The first-order valence-electron chi connectivity index (χ1n) is 9.88. The summed E-state index contributed by atoms with van der Waals surface area (Å²) in [6.45, 7) is -0.262. The van der Waals surface area contributed by atoms with Crippen molar-refractivity contribution in [1.29, 1.82) is 0 Å². The van der Waals surface area contributed by atoms with E-state index in [0.717, 1.165) is 0 Å². The molecule has 1 aromatic heterocycles. The molecule has 1 aliphatic rings. The Morgan fingerprint density at radius 2 is 1.59 bits per heavy atom. The number of hydrogen-bond donors (Lipinski definition) is 1. The number of hydrogen-bond acceptors (Lipinski definition) is 8. The van der Waals surface area contributed by atoms with E-state index >= 15 is 0 Å². The van der Waals surface area contributed by atoms with Gasteiger partial charge < -0.3 is 23.9 Å². The molecule has 0 aliphatic carbocycles. The van der Waals surface area contributed by atoms with Crippen molar-refractivity contribution in [3.8, 4) is 0 Å². The van der Waals surface area contributed by atoms with E-state index in [1.807, 2.05) is 0 Å². The molecule has 0 amide bonds. The fourth-order valence-corrected chi connectivity index (χ4v) is 3.33. The number of benzene rings is 2. The average Bonchev–Trinajstić information content (AvgIpc) is 3.14. The van der Waals surface area contributed by atoms with Crippen LogP contribution in [0, 0.1) is 0 Å². The van der Waals surface area contributed by atoms with E-state index < -0.39 is 42.0 Å². The maximum Gasteiger partial charge on any atom is 0.338 e. The van der Waals surface area contributed by atoms with Gasteiger partial charge in [-0.25, -0.2) is 9.59 Å². The highest BCUT2D eigenvalue weighted by molar-refractivity contribution is 5.90. The van der Waals surface area contributed by atoms with Crippen molar-refractivity contribution in [1.82, 2.24) is 9.55 Å². The molecule has 0 radical (unpaired) electrons. The van der Waals surface area contributed by atoms with Gasteiger partial charge in [-0.05, 0) is 24.3 Å². The molecular weight excluding hydrogens is 416 g/mol. The van der Waals surface area contributed by atoms with Crippen LogP contribution in [0.25, 0.3) is 0 Å².